The Labute approximate surface area is 171 Å². The maximum Gasteiger partial charge on any atom is 0.291 e. The van der Waals surface area contributed by atoms with Gasteiger partial charge in [0.15, 0.2) is 5.76 Å². The third-order valence-electron chi connectivity index (χ3n) is 4.05. The maximum absolute atomic E-state index is 12.3. The lowest BCUT2D eigenvalue weighted by molar-refractivity contribution is 0.0846. The molecule has 0 fully saturated rings. The quantitative estimate of drug-likeness (QED) is 0.539. The maximum atomic E-state index is 12.3. The normalized spacial score (nSPS) is 10.1. The first-order valence-electron chi connectivity index (χ1n) is 8.79. The standard InChI is InChI=1S/C21H19N3O6/c1-28-16-10-14(11-17(12-16)29-2)20(26)24-23-19(25)13-5-7-15(8-6-13)22-21(27)18-4-3-9-30-18/h3-12H,1-2H3,(H,22,27)(H,23,25)(H,24,26). The van der Waals surface area contributed by atoms with Crippen molar-refractivity contribution < 1.29 is 28.3 Å². The fourth-order valence-electron chi connectivity index (χ4n) is 2.50. The molecule has 3 amide bonds. The van der Waals surface area contributed by atoms with Crippen LogP contribution in [0.5, 0.6) is 11.5 Å². The Bertz CT molecular complexity index is 1020. The number of benzene rings is 2. The lowest BCUT2D eigenvalue weighted by atomic mass is 10.2. The van der Waals surface area contributed by atoms with Crippen LogP contribution in [0, 0.1) is 0 Å². The summed E-state index contributed by atoms with van der Waals surface area (Å²) < 4.78 is 15.3. The van der Waals surface area contributed by atoms with Crippen molar-refractivity contribution in [1.29, 1.82) is 0 Å². The Hall–Kier alpha value is -4.27. The van der Waals surface area contributed by atoms with E-state index in [0.717, 1.165) is 0 Å². The summed E-state index contributed by atoms with van der Waals surface area (Å²) in [5.74, 6) is -0.409. The molecule has 30 heavy (non-hydrogen) atoms. The minimum atomic E-state index is -0.539. The third-order valence-corrected chi connectivity index (χ3v) is 4.05. The summed E-state index contributed by atoms with van der Waals surface area (Å²) in [5.41, 5.74) is 5.69. The monoisotopic (exact) mass is 409 g/mol. The minimum Gasteiger partial charge on any atom is -0.497 e. The largest absolute Gasteiger partial charge is 0.497 e. The van der Waals surface area contributed by atoms with Crippen molar-refractivity contribution in [3.05, 3.63) is 77.7 Å². The van der Waals surface area contributed by atoms with Crippen LogP contribution in [-0.4, -0.2) is 31.9 Å². The third kappa shape index (κ3) is 4.96. The molecule has 0 unspecified atom stereocenters. The average molecular weight is 409 g/mol. The van der Waals surface area contributed by atoms with Crippen LogP contribution in [0.15, 0.2) is 65.3 Å². The van der Waals surface area contributed by atoms with Crippen LogP contribution in [0.4, 0.5) is 5.69 Å². The van der Waals surface area contributed by atoms with E-state index >= 15 is 0 Å². The van der Waals surface area contributed by atoms with Crippen molar-refractivity contribution in [1.82, 2.24) is 10.9 Å². The van der Waals surface area contributed by atoms with Gasteiger partial charge < -0.3 is 19.2 Å². The lowest BCUT2D eigenvalue weighted by Crippen LogP contribution is -2.41. The molecule has 0 aliphatic heterocycles. The molecule has 3 N–H and O–H groups in total. The van der Waals surface area contributed by atoms with Crippen molar-refractivity contribution in [2.75, 3.05) is 19.5 Å². The molecule has 9 heteroatoms. The van der Waals surface area contributed by atoms with Crippen LogP contribution in [0.25, 0.3) is 0 Å². The number of furan rings is 1. The molecular weight excluding hydrogens is 390 g/mol. The SMILES string of the molecule is COc1cc(OC)cc(C(=O)NNC(=O)c2ccc(NC(=O)c3ccco3)cc2)c1. The summed E-state index contributed by atoms with van der Waals surface area (Å²) >= 11 is 0. The molecule has 154 valence electrons. The highest BCUT2D eigenvalue weighted by atomic mass is 16.5. The van der Waals surface area contributed by atoms with E-state index < -0.39 is 17.7 Å². The van der Waals surface area contributed by atoms with Gasteiger partial charge >= 0.3 is 0 Å². The van der Waals surface area contributed by atoms with Gasteiger partial charge in [-0.3, -0.25) is 25.2 Å². The number of hydrazine groups is 1. The van der Waals surface area contributed by atoms with Crippen LogP contribution in [0.1, 0.15) is 31.3 Å². The summed E-state index contributed by atoms with van der Waals surface area (Å²) in [7, 11) is 2.94. The first kappa shape index (κ1) is 20.5. The van der Waals surface area contributed by atoms with Crippen LogP contribution < -0.4 is 25.6 Å². The number of ether oxygens (including phenoxy) is 2. The number of hydrogen-bond acceptors (Lipinski definition) is 6. The van der Waals surface area contributed by atoms with Gasteiger partial charge in [0, 0.05) is 22.9 Å². The molecule has 0 bridgehead atoms. The molecule has 0 aliphatic rings. The van der Waals surface area contributed by atoms with Crippen LogP contribution in [0.2, 0.25) is 0 Å². The predicted molar refractivity (Wildman–Crippen MR) is 108 cm³/mol. The summed E-state index contributed by atoms with van der Waals surface area (Å²) in [6.07, 6.45) is 1.40. The fourth-order valence-corrected chi connectivity index (χ4v) is 2.50. The van der Waals surface area contributed by atoms with Crippen LogP contribution in [-0.2, 0) is 0 Å². The number of anilines is 1. The van der Waals surface area contributed by atoms with E-state index in [1.807, 2.05) is 0 Å². The lowest BCUT2D eigenvalue weighted by Gasteiger charge is -2.10. The van der Waals surface area contributed by atoms with Crippen LogP contribution in [0.3, 0.4) is 0 Å². The zero-order chi connectivity index (χ0) is 21.5. The molecule has 0 saturated heterocycles. The molecule has 0 saturated carbocycles. The van der Waals surface area contributed by atoms with Gasteiger partial charge in [0.2, 0.25) is 0 Å². The summed E-state index contributed by atoms with van der Waals surface area (Å²) in [4.78, 5) is 36.5. The molecular formula is C21H19N3O6. The molecule has 1 heterocycles. The zero-order valence-corrected chi connectivity index (χ0v) is 16.2. The van der Waals surface area contributed by atoms with Crippen molar-refractivity contribution in [3.63, 3.8) is 0 Å². The van der Waals surface area contributed by atoms with Gasteiger partial charge in [-0.05, 0) is 48.5 Å². The second-order valence-electron chi connectivity index (χ2n) is 6.02. The molecule has 3 rings (SSSR count). The average Bonchev–Trinajstić information content (AvgIpc) is 3.32. The van der Waals surface area contributed by atoms with Crippen molar-refractivity contribution in [3.8, 4) is 11.5 Å². The van der Waals surface area contributed by atoms with Gasteiger partial charge in [0.05, 0.1) is 20.5 Å². The first-order valence-corrected chi connectivity index (χ1v) is 8.79. The topological polar surface area (TPSA) is 119 Å². The molecule has 0 radical (unpaired) electrons. The Morgan fingerprint density at radius 2 is 1.37 bits per heavy atom. The first-order chi connectivity index (χ1) is 14.5. The summed E-state index contributed by atoms with van der Waals surface area (Å²) in [6, 6.07) is 13.9. The molecule has 9 nitrogen and oxygen atoms in total. The van der Waals surface area contributed by atoms with Crippen molar-refractivity contribution in [2.45, 2.75) is 0 Å². The number of carbonyl (C=O) groups excluding carboxylic acids is 3. The highest BCUT2D eigenvalue weighted by Gasteiger charge is 2.13. The van der Waals surface area contributed by atoms with E-state index in [1.165, 1.54) is 50.8 Å². The van der Waals surface area contributed by atoms with Gasteiger partial charge in [0.1, 0.15) is 11.5 Å². The predicted octanol–water partition coefficient (Wildman–Crippen LogP) is 2.62. The highest BCUT2D eigenvalue weighted by molar-refractivity contribution is 6.03. The second-order valence-corrected chi connectivity index (χ2v) is 6.02. The Balaban J connectivity index is 1.58. The molecule has 0 spiro atoms. The van der Waals surface area contributed by atoms with E-state index in [-0.39, 0.29) is 16.9 Å². The Morgan fingerprint density at radius 1 is 0.767 bits per heavy atom. The number of methoxy groups -OCH3 is 2. The molecule has 1 aromatic heterocycles. The van der Waals surface area contributed by atoms with Gasteiger partial charge in [-0.25, -0.2) is 0 Å². The summed E-state index contributed by atoms with van der Waals surface area (Å²) in [5, 5.41) is 2.65. The van der Waals surface area contributed by atoms with E-state index in [4.69, 9.17) is 13.9 Å². The number of hydrogen-bond donors (Lipinski definition) is 3. The van der Waals surface area contributed by atoms with Crippen LogP contribution >= 0.6 is 0 Å². The smallest absolute Gasteiger partial charge is 0.291 e. The summed E-state index contributed by atoms with van der Waals surface area (Å²) in [6.45, 7) is 0. The number of rotatable bonds is 6. The molecule has 0 atom stereocenters. The van der Waals surface area contributed by atoms with Gasteiger partial charge in [-0.15, -0.1) is 0 Å². The highest BCUT2D eigenvalue weighted by Crippen LogP contribution is 2.22. The molecule has 3 aromatic rings. The Kier molecular flexibility index (Phi) is 6.33. The van der Waals surface area contributed by atoms with Crippen molar-refractivity contribution >= 4 is 23.4 Å². The van der Waals surface area contributed by atoms with E-state index in [9.17, 15) is 14.4 Å². The van der Waals surface area contributed by atoms with Crippen molar-refractivity contribution in [2.24, 2.45) is 0 Å². The number of amides is 3. The minimum absolute atomic E-state index is 0.175. The number of carbonyl (C=O) groups is 3. The van der Waals surface area contributed by atoms with Gasteiger partial charge in [-0.2, -0.15) is 0 Å². The van der Waals surface area contributed by atoms with Gasteiger partial charge in [-0.1, -0.05) is 0 Å². The second kappa shape index (κ2) is 9.28. The molecule has 2 aromatic carbocycles. The van der Waals surface area contributed by atoms with Gasteiger partial charge in [0.25, 0.3) is 17.7 Å². The molecule has 0 aliphatic carbocycles. The fraction of sp³-hybridized carbons (Fsp3) is 0.0952. The van der Waals surface area contributed by atoms with E-state index in [1.54, 1.807) is 24.3 Å². The Morgan fingerprint density at radius 3 is 1.90 bits per heavy atom. The van der Waals surface area contributed by atoms with E-state index in [0.29, 0.717) is 17.2 Å². The zero-order valence-electron chi connectivity index (χ0n) is 16.2. The van der Waals surface area contributed by atoms with E-state index in [2.05, 4.69) is 16.2 Å². The number of nitrogens with one attached hydrogen (secondary N) is 3.